The van der Waals surface area contributed by atoms with E-state index >= 15 is 0 Å². The highest BCUT2D eigenvalue weighted by molar-refractivity contribution is 7.78. The zero-order valence-electron chi connectivity index (χ0n) is 12.8. The highest BCUT2D eigenvalue weighted by Crippen LogP contribution is 2.24. The molecule has 1 aliphatic rings. The van der Waals surface area contributed by atoms with Crippen molar-refractivity contribution in [3.8, 4) is 5.75 Å². The Bertz CT molecular complexity index is 354. The van der Waals surface area contributed by atoms with Crippen LogP contribution in [0.2, 0.25) is 0 Å². The number of ether oxygens (including phenoxy) is 1. The van der Waals surface area contributed by atoms with Crippen molar-refractivity contribution >= 4 is 11.8 Å². The van der Waals surface area contributed by atoms with Crippen LogP contribution in [0.3, 0.4) is 0 Å². The number of rotatable bonds is 8. The summed E-state index contributed by atoms with van der Waals surface area (Å²) < 4.78 is 5.94. The lowest BCUT2D eigenvalue weighted by molar-refractivity contribution is 0.209. The third-order valence-corrected chi connectivity index (χ3v) is 5.31. The number of benzene rings is 1. The standard InChI is InChI=1S/C18H28OS/c1-2-3-7-14-20-18-12-10-17(11-13-18)19-15-16-8-5-4-6-9-16/h10-13,16H,2-9,14-15H2,1H3/p+1. The predicted octanol–water partition coefficient (Wildman–Crippen LogP) is 5.01. The summed E-state index contributed by atoms with van der Waals surface area (Å²) in [7, 11) is 0. The molecule has 0 unspecified atom stereocenters. The second-order valence-electron chi connectivity index (χ2n) is 5.90. The van der Waals surface area contributed by atoms with Crippen LogP contribution in [0.4, 0.5) is 0 Å². The summed E-state index contributed by atoms with van der Waals surface area (Å²) in [6.07, 6.45) is 10.9. The first-order valence-corrected chi connectivity index (χ1v) is 9.37. The van der Waals surface area contributed by atoms with Crippen LogP contribution in [-0.4, -0.2) is 12.4 Å². The fraction of sp³-hybridized carbons (Fsp3) is 0.667. The van der Waals surface area contributed by atoms with Crippen molar-refractivity contribution in [2.75, 3.05) is 12.4 Å². The van der Waals surface area contributed by atoms with E-state index in [1.54, 1.807) is 0 Å². The van der Waals surface area contributed by atoms with Gasteiger partial charge < -0.3 is 4.74 Å². The van der Waals surface area contributed by atoms with E-state index in [0.29, 0.717) is 0 Å². The molecule has 0 saturated heterocycles. The Morgan fingerprint density at radius 3 is 2.50 bits per heavy atom. The van der Waals surface area contributed by atoms with E-state index in [4.69, 9.17) is 4.74 Å². The average Bonchev–Trinajstić information content (AvgIpc) is 2.52. The molecule has 0 spiro atoms. The normalized spacial score (nSPS) is 16.2. The van der Waals surface area contributed by atoms with E-state index in [0.717, 1.165) is 18.3 Å². The van der Waals surface area contributed by atoms with E-state index in [1.807, 2.05) is 0 Å². The second kappa shape index (κ2) is 9.33. The molecule has 20 heavy (non-hydrogen) atoms. The number of thiol groups is 1. The van der Waals surface area contributed by atoms with Crippen LogP contribution in [0, 0.1) is 5.92 Å². The Morgan fingerprint density at radius 2 is 1.80 bits per heavy atom. The van der Waals surface area contributed by atoms with Crippen molar-refractivity contribution in [1.29, 1.82) is 0 Å². The molecule has 0 N–H and O–H groups in total. The molecule has 2 rings (SSSR count). The molecule has 0 bridgehead atoms. The van der Waals surface area contributed by atoms with Crippen LogP contribution in [0.25, 0.3) is 0 Å². The number of hydrogen-bond donors (Lipinski definition) is 0. The first-order valence-electron chi connectivity index (χ1n) is 8.29. The van der Waals surface area contributed by atoms with Gasteiger partial charge in [-0.25, -0.2) is 0 Å². The zero-order chi connectivity index (χ0) is 14.0. The SMILES string of the molecule is CCCCC[SH+]c1ccc(OCC2CCCCC2)cc1. The molecule has 1 saturated carbocycles. The van der Waals surface area contributed by atoms with Gasteiger partial charge in [-0.05, 0) is 55.9 Å². The molecule has 0 atom stereocenters. The van der Waals surface area contributed by atoms with Crippen LogP contribution >= 0.6 is 0 Å². The van der Waals surface area contributed by atoms with E-state index < -0.39 is 0 Å². The average molecular weight is 293 g/mol. The molecule has 1 aliphatic carbocycles. The number of unbranched alkanes of at least 4 members (excludes halogenated alkanes) is 2. The van der Waals surface area contributed by atoms with Crippen LogP contribution < -0.4 is 4.74 Å². The van der Waals surface area contributed by atoms with Crippen molar-refractivity contribution in [3.05, 3.63) is 24.3 Å². The smallest absolute Gasteiger partial charge is 0.152 e. The minimum absolute atomic E-state index is 0.788. The second-order valence-corrected chi connectivity index (χ2v) is 7.18. The largest absolute Gasteiger partial charge is 0.493 e. The van der Waals surface area contributed by atoms with Crippen LogP contribution in [0.5, 0.6) is 5.75 Å². The molecule has 2 heteroatoms. The molecule has 112 valence electrons. The Balaban J connectivity index is 1.68. The molecule has 0 aromatic heterocycles. The van der Waals surface area contributed by atoms with Gasteiger partial charge in [-0.1, -0.05) is 32.6 Å². The molecule has 1 nitrogen and oxygen atoms in total. The summed E-state index contributed by atoms with van der Waals surface area (Å²) in [5.74, 6) is 3.12. The Kier molecular flexibility index (Phi) is 7.35. The van der Waals surface area contributed by atoms with Crippen LogP contribution in [0.15, 0.2) is 29.2 Å². The third-order valence-electron chi connectivity index (χ3n) is 4.10. The molecular weight excluding hydrogens is 264 g/mol. The molecule has 0 heterocycles. The van der Waals surface area contributed by atoms with Gasteiger partial charge in [0.15, 0.2) is 4.90 Å². The molecular formula is C18H29OS+. The maximum Gasteiger partial charge on any atom is 0.152 e. The minimum atomic E-state index is 0.788. The molecule has 0 radical (unpaired) electrons. The highest BCUT2D eigenvalue weighted by atomic mass is 32.2. The van der Waals surface area contributed by atoms with Crippen molar-refractivity contribution in [1.82, 2.24) is 0 Å². The van der Waals surface area contributed by atoms with Crippen molar-refractivity contribution in [2.45, 2.75) is 63.2 Å². The van der Waals surface area contributed by atoms with E-state index in [1.165, 1.54) is 73.8 Å². The van der Waals surface area contributed by atoms with Gasteiger partial charge in [0.25, 0.3) is 0 Å². The fourth-order valence-electron chi connectivity index (χ4n) is 2.79. The Labute approximate surface area is 128 Å². The maximum atomic E-state index is 5.94. The number of hydrogen-bond acceptors (Lipinski definition) is 1. The van der Waals surface area contributed by atoms with Crippen molar-refractivity contribution < 1.29 is 4.74 Å². The molecule has 1 aromatic rings. The summed E-state index contributed by atoms with van der Waals surface area (Å²) in [6.45, 7) is 3.17. The highest BCUT2D eigenvalue weighted by Gasteiger charge is 2.14. The lowest BCUT2D eigenvalue weighted by Crippen LogP contribution is -2.15. The molecule has 0 amide bonds. The van der Waals surface area contributed by atoms with Crippen LogP contribution in [0.1, 0.15) is 58.3 Å². The summed E-state index contributed by atoms with van der Waals surface area (Å²) in [6, 6.07) is 8.74. The quantitative estimate of drug-likeness (QED) is 0.372. The monoisotopic (exact) mass is 293 g/mol. The third kappa shape index (κ3) is 5.78. The molecule has 1 aromatic carbocycles. The van der Waals surface area contributed by atoms with E-state index in [9.17, 15) is 0 Å². The van der Waals surface area contributed by atoms with Gasteiger partial charge in [-0.15, -0.1) is 0 Å². The zero-order valence-corrected chi connectivity index (χ0v) is 13.7. The lowest BCUT2D eigenvalue weighted by atomic mass is 9.90. The van der Waals surface area contributed by atoms with Gasteiger partial charge in [-0.3, -0.25) is 0 Å². The molecule has 1 fully saturated rings. The van der Waals surface area contributed by atoms with Crippen molar-refractivity contribution in [2.24, 2.45) is 5.92 Å². The fourth-order valence-corrected chi connectivity index (χ4v) is 3.79. The Morgan fingerprint density at radius 1 is 1.05 bits per heavy atom. The first kappa shape index (κ1) is 15.8. The van der Waals surface area contributed by atoms with E-state index in [-0.39, 0.29) is 0 Å². The van der Waals surface area contributed by atoms with Gasteiger partial charge in [0.05, 0.1) is 6.61 Å². The van der Waals surface area contributed by atoms with Gasteiger partial charge in [0.1, 0.15) is 11.5 Å². The minimum Gasteiger partial charge on any atom is -0.493 e. The van der Waals surface area contributed by atoms with Crippen LogP contribution in [-0.2, 0) is 11.8 Å². The Hall–Kier alpha value is -0.630. The van der Waals surface area contributed by atoms with Gasteiger partial charge >= 0.3 is 0 Å². The van der Waals surface area contributed by atoms with Gasteiger partial charge in [-0.2, -0.15) is 0 Å². The summed E-state index contributed by atoms with van der Waals surface area (Å²) >= 11 is 1.46. The first-order chi connectivity index (χ1) is 9.88. The topological polar surface area (TPSA) is 9.23 Å². The maximum absolute atomic E-state index is 5.94. The summed E-state index contributed by atoms with van der Waals surface area (Å²) in [5, 5.41) is 0. The lowest BCUT2D eigenvalue weighted by Gasteiger charge is -2.21. The van der Waals surface area contributed by atoms with Crippen molar-refractivity contribution in [3.63, 3.8) is 0 Å². The summed E-state index contributed by atoms with van der Waals surface area (Å²) in [5.41, 5.74) is 0. The summed E-state index contributed by atoms with van der Waals surface area (Å²) in [4.78, 5) is 1.42. The van der Waals surface area contributed by atoms with Gasteiger partial charge in [0.2, 0.25) is 0 Å². The predicted molar refractivity (Wildman–Crippen MR) is 89.9 cm³/mol. The molecule has 0 aliphatic heterocycles. The van der Waals surface area contributed by atoms with E-state index in [2.05, 4.69) is 31.2 Å². The van der Waals surface area contributed by atoms with Gasteiger partial charge in [0, 0.05) is 11.8 Å².